The van der Waals surface area contributed by atoms with Crippen molar-refractivity contribution in [1.82, 2.24) is 4.98 Å². The Hall–Kier alpha value is -2.30. The zero-order valence-corrected chi connectivity index (χ0v) is 9.11. The van der Waals surface area contributed by atoms with Gasteiger partial charge in [0.25, 0.3) is 0 Å². The van der Waals surface area contributed by atoms with Crippen LogP contribution in [-0.4, -0.2) is 10.8 Å². The van der Waals surface area contributed by atoms with Gasteiger partial charge in [0.15, 0.2) is 17.4 Å². The predicted octanol–water partition coefficient (Wildman–Crippen LogP) is 2.48. The Bertz CT molecular complexity index is 655. The first-order valence-electron chi connectivity index (χ1n) is 5.28. The highest BCUT2D eigenvalue weighted by Crippen LogP contribution is 2.28. The molecule has 0 atom stereocenters. The lowest BCUT2D eigenvalue weighted by Gasteiger charge is -2.05. The highest BCUT2D eigenvalue weighted by Gasteiger charge is 2.26. The van der Waals surface area contributed by atoms with Gasteiger partial charge in [0.2, 0.25) is 5.88 Å². The Balaban J connectivity index is 2.24. The zero-order chi connectivity index (χ0) is 12.7. The third-order valence-electron chi connectivity index (χ3n) is 2.81. The fraction of sp³-hybridized carbons (Fsp3) is 0.0769. The van der Waals surface area contributed by atoms with Crippen molar-refractivity contribution in [2.75, 3.05) is 0 Å². The number of ketones is 1. The third kappa shape index (κ3) is 1.48. The molecule has 0 unspecified atom stereocenters. The van der Waals surface area contributed by atoms with Gasteiger partial charge < -0.3 is 4.74 Å². The van der Waals surface area contributed by atoms with Gasteiger partial charge in [0, 0.05) is 17.3 Å². The quantitative estimate of drug-likeness (QED) is 0.718. The lowest BCUT2D eigenvalue weighted by Crippen LogP contribution is -2.06. The van der Waals surface area contributed by atoms with E-state index in [-0.39, 0.29) is 29.2 Å². The molecule has 0 aliphatic carbocycles. The molecule has 18 heavy (non-hydrogen) atoms. The molecule has 2 heterocycles. The summed E-state index contributed by atoms with van der Waals surface area (Å²) in [5.74, 6) is -2.32. The van der Waals surface area contributed by atoms with Crippen molar-refractivity contribution in [2.45, 2.75) is 6.61 Å². The molecule has 1 aromatic heterocycles. The Kier molecular flexibility index (Phi) is 2.33. The van der Waals surface area contributed by atoms with Crippen LogP contribution in [0, 0.1) is 11.6 Å². The highest BCUT2D eigenvalue weighted by atomic mass is 19.2. The van der Waals surface area contributed by atoms with E-state index in [9.17, 15) is 13.6 Å². The van der Waals surface area contributed by atoms with E-state index in [0.717, 1.165) is 6.07 Å². The minimum Gasteiger partial charge on any atom is -0.472 e. The fourth-order valence-corrected chi connectivity index (χ4v) is 1.91. The highest BCUT2D eigenvalue weighted by molar-refractivity contribution is 6.11. The number of hydrogen-bond acceptors (Lipinski definition) is 3. The maximum atomic E-state index is 13.6. The SMILES string of the molecule is O=C1c2cccnc2OCc2c1ccc(F)c2F. The molecular formula is C13H7F2NO2. The van der Waals surface area contributed by atoms with Crippen molar-refractivity contribution in [3.05, 3.63) is 58.8 Å². The summed E-state index contributed by atoms with van der Waals surface area (Å²) < 4.78 is 32.0. The van der Waals surface area contributed by atoms with Crippen LogP contribution in [0.5, 0.6) is 5.88 Å². The molecule has 0 spiro atoms. The summed E-state index contributed by atoms with van der Waals surface area (Å²) in [7, 11) is 0. The van der Waals surface area contributed by atoms with E-state index in [1.54, 1.807) is 12.1 Å². The van der Waals surface area contributed by atoms with Crippen LogP contribution < -0.4 is 4.74 Å². The van der Waals surface area contributed by atoms with E-state index in [4.69, 9.17) is 4.74 Å². The fourth-order valence-electron chi connectivity index (χ4n) is 1.91. The summed E-state index contributed by atoms with van der Waals surface area (Å²) in [5, 5.41) is 0. The molecule has 3 nitrogen and oxygen atoms in total. The number of aromatic nitrogens is 1. The number of halogens is 2. The first kappa shape index (κ1) is 10.8. The lowest BCUT2D eigenvalue weighted by atomic mass is 10.00. The number of ether oxygens (including phenoxy) is 1. The predicted molar refractivity (Wildman–Crippen MR) is 58.4 cm³/mol. The number of pyridine rings is 1. The minimum absolute atomic E-state index is 0.0713. The normalized spacial score (nSPS) is 13.3. The molecule has 1 aliphatic heterocycles. The van der Waals surface area contributed by atoms with Crippen molar-refractivity contribution >= 4 is 5.78 Å². The second kappa shape index (κ2) is 3.87. The van der Waals surface area contributed by atoms with Crippen LogP contribution in [0.15, 0.2) is 30.5 Å². The molecular weight excluding hydrogens is 240 g/mol. The average Bonchev–Trinajstić information content (AvgIpc) is 2.53. The van der Waals surface area contributed by atoms with Gasteiger partial charge in [-0.2, -0.15) is 0 Å². The van der Waals surface area contributed by atoms with E-state index >= 15 is 0 Å². The van der Waals surface area contributed by atoms with Gasteiger partial charge in [-0.15, -0.1) is 0 Å². The molecule has 0 saturated heterocycles. The maximum Gasteiger partial charge on any atom is 0.225 e. The second-order valence-corrected chi connectivity index (χ2v) is 3.86. The van der Waals surface area contributed by atoms with Crippen molar-refractivity contribution in [3.8, 4) is 5.88 Å². The summed E-state index contributed by atoms with van der Waals surface area (Å²) in [5.41, 5.74) is 0.293. The van der Waals surface area contributed by atoms with Crippen molar-refractivity contribution in [1.29, 1.82) is 0 Å². The molecule has 2 aromatic rings. The van der Waals surface area contributed by atoms with E-state index in [1.807, 2.05) is 0 Å². The number of rotatable bonds is 0. The van der Waals surface area contributed by atoms with Gasteiger partial charge in [-0.05, 0) is 24.3 Å². The van der Waals surface area contributed by atoms with Crippen LogP contribution in [0.2, 0.25) is 0 Å². The number of carbonyl (C=O) groups excluding carboxylic acids is 1. The zero-order valence-electron chi connectivity index (χ0n) is 9.11. The monoisotopic (exact) mass is 247 g/mol. The van der Waals surface area contributed by atoms with Crippen molar-refractivity contribution in [3.63, 3.8) is 0 Å². The van der Waals surface area contributed by atoms with Crippen LogP contribution in [0.3, 0.4) is 0 Å². The Labute approximate surface area is 101 Å². The Morgan fingerprint density at radius 2 is 2.00 bits per heavy atom. The minimum atomic E-state index is -1.05. The standard InChI is InChI=1S/C13H7F2NO2/c14-10-4-3-7-9(11(10)15)6-18-13-8(12(7)17)2-1-5-16-13/h1-5H,6H2. The van der Waals surface area contributed by atoms with Gasteiger partial charge in [-0.1, -0.05) is 0 Å². The number of nitrogens with zero attached hydrogens (tertiary/aromatic N) is 1. The van der Waals surface area contributed by atoms with Crippen LogP contribution in [0.1, 0.15) is 21.5 Å². The topological polar surface area (TPSA) is 39.2 Å². The molecule has 1 aliphatic rings. The maximum absolute atomic E-state index is 13.6. The smallest absolute Gasteiger partial charge is 0.225 e. The first-order valence-corrected chi connectivity index (χ1v) is 5.28. The molecule has 90 valence electrons. The molecule has 0 fully saturated rings. The van der Waals surface area contributed by atoms with Crippen LogP contribution in [0.4, 0.5) is 8.78 Å². The van der Waals surface area contributed by atoms with E-state index in [2.05, 4.69) is 4.98 Å². The van der Waals surface area contributed by atoms with Gasteiger partial charge in [0.05, 0.1) is 5.56 Å². The van der Waals surface area contributed by atoms with Gasteiger partial charge >= 0.3 is 0 Å². The molecule has 3 rings (SSSR count). The summed E-state index contributed by atoms with van der Waals surface area (Å²) in [4.78, 5) is 16.1. The molecule has 0 radical (unpaired) electrons. The van der Waals surface area contributed by atoms with Crippen LogP contribution in [0.25, 0.3) is 0 Å². The van der Waals surface area contributed by atoms with E-state index in [0.29, 0.717) is 0 Å². The Morgan fingerprint density at radius 1 is 1.17 bits per heavy atom. The van der Waals surface area contributed by atoms with E-state index < -0.39 is 17.4 Å². The molecule has 0 N–H and O–H groups in total. The van der Waals surface area contributed by atoms with Gasteiger partial charge in [0.1, 0.15) is 6.61 Å². The molecule has 0 saturated carbocycles. The van der Waals surface area contributed by atoms with Gasteiger partial charge in [-0.25, -0.2) is 13.8 Å². The van der Waals surface area contributed by atoms with Crippen molar-refractivity contribution < 1.29 is 18.3 Å². The molecule has 0 bridgehead atoms. The molecule has 1 aromatic carbocycles. The Morgan fingerprint density at radius 3 is 2.83 bits per heavy atom. The summed E-state index contributed by atoms with van der Waals surface area (Å²) in [6, 6.07) is 5.33. The second-order valence-electron chi connectivity index (χ2n) is 3.86. The summed E-state index contributed by atoms with van der Waals surface area (Å²) in [6.07, 6.45) is 1.47. The average molecular weight is 247 g/mol. The first-order chi connectivity index (χ1) is 8.68. The number of fused-ring (bicyclic) bond motifs is 2. The number of benzene rings is 1. The van der Waals surface area contributed by atoms with Crippen LogP contribution >= 0.6 is 0 Å². The largest absolute Gasteiger partial charge is 0.472 e. The summed E-state index contributed by atoms with van der Waals surface area (Å²) >= 11 is 0. The third-order valence-corrected chi connectivity index (χ3v) is 2.81. The number of carbonyl (C=O) groups is 1. The van der Waals surface area contributed by atoms with Crippen molar-refractivity contribution in [2.24, 2.45) is 0 Å². The molecule has 5 heteroatoms. The lowest BCUT2D eigenvalue weighted by molar-refractivity contribution is 0.103. The van der Waals surface area contributed by atoms with E-state index in [1.165, 1.54) is 12.3 Å². The van der Waals surface area contributed by atoms with Gasteiger partial charge in [-0.3, -0.25) is 4.79 Å². The molecule has 0 amide bonds. The van der Waals surface area contributed by atoms with Crippen LogP contribution in [-0.2, 0) is 6.61 Å². The number of hydrogen-bond donors (Lipinski definition) is 0. The summed E-state index contributed by atoms with van der Waals surface area (Å²) in [6.45, 7) is -0.214.